The zero-order valence-electron chi connectivity index (χ0n) is 9.62. The Kier molecular flexibility index (Phi) is 4.16. The second kappa shape index (κ2) is 5.02. The van der Waals surface area contributed by atoms with Gasteiger partial charge in [-0.05, 0) is 45.0 Å². The van der Waals surface area contributed by atoms with E-state index in [0.717, 1.165) is 11.1 Å². The smallest absolute Gasteiger partial charge is 0.182 e. The summed E-state index contributed by atoms with van der Waals surface area (Å²) in [6.45, 7) is 5.65. The van der Waals surface area contributed by atoms with E-state index < -0.39 is 9.84 Å². The zero-order valence-corrected chi connectivity index (χ0v) is 11.2. The highest BCUT2D eigenvalue weighted by atomic mass is 35.5. The fraction of sp³-hybridized carbons (Fsp3) is 0.333. The summed E-state index contributed by atoms with van der Waals surface area (Å²) >= 11 is 5.71. The lowest BCUT2D eigenvalue weighted by Crippen LogP contribution is -2.08. The largest absolute Gasteiger partial charge is 0.223 e. The topological polar surface area (TPSA) is 34.1 Å². The molecule has 0 aliphatic carbocycles. The first-order valence-corrected chi connectivity index (χ1v) is 6.97. The Balaban J connectivity index is 3.04. The SMILES string of the molecule is CC(C)=C(C)CS(=O)(=O)c1ccc(Cl)cc1. The van der Waals surface area contributed by atoms with Crippen molar-refractivity contribution in [3.8, 4) is 0 Å². The van der Waals surface area contributed by atoms with E-state index in [4.69, 9.17) is 11.6 Å². The van der Waals surface area contributed by atoms with E-state index >= 15 is 0 Å². The molecule has 4 heteroatoms. The fourth-order valence-corrected chi connectivity index (χ4v) is 2.86. The molecule has 1 aromatic carbocycles. The molecule has 0 saturated heterocycles. The molecule has 0 aromatic heterocycles. The van der Waals surface area contributed by atoms with Gasteiger partial charge in [-0.3, -0.25) is 0 Å². The van der Waals surface area contributed by atoms with Crippen LogP contribution in [0.25, 0.3) is 0 Å². The Labute approximate surface area is 102 Å². The minimum Gasteiger partial charge on any atom is -0.223 e. The van der Waals surface area contributed by atoms with Crippen LogP contribution in [0.1, 0.15) is 20.8 Å². The van der Waals surface area contributed by atoms with Gasteiger partial charge in [0, 0.05) is 5.02 Å². The minimum absolute atomic E-state index is 0.0664. The number of hydrogen-bond acceptors (Lipinski definition) is 2. The van der Waals surface area contributed by atoms with Crippen molar-refractivity contribution in [3.63, 3.8) is 0 Å². The van der Waals surface area contributed by atoms with Crippen molar-refractivity contribution in [3.05, 3.63) is 40.4 Å². The van der Waals surface area contributed by atoms with Crippen molar-refractivity contribution >= 4 is 21.4 Å². The lowest BCUT2D eigenvalue weighted by Gasteiger charge is -2.06. The van der Waals surface area contributed by atoms with E-state index in [0.29, 0.717) is 9.92 Å². The van der Waals surface area contributed by atoms with Gasteiger partial charge in [0.05, 0.1) is 10.6 Å². The Morgan fingerprint density at radius 2 is 1.62 bits per heavy atom. The first kappa shape index (κ1) is 13.3. The molecular weight excluding hydrogens is 244 g/mol. The number of rotatable bonds is 3. The molecule has 2 nitrogen and oxygen atoms in total. The quantitative estimate of drug-likeness (QED) is 0.778. The fourth-order valence-electron chi connectivity index (χ4n) is 1.15. The third-order valence-corrected chi connectivity index (χ3v) is 4.49. The summed E-state index contributed by atoms with van der Waals surface area (Å²) in [5.41, 5.74) is 1.92. The van der Waals surface area contributed by atoms with Crippen LogP contribution < -0.4 is 0 Å². The van der Waals surface area contributed by atoms with Crippen LogP contribution >= 0.6 is 11.6 Å². The number of benzene rings is 1. The first-order chi connectivity index (χ1) is 7.33. The summed E-state index contributed by atoms with van der Waals surface area (Å²) in [5, 5.41) is 0.540. The van der Waals surface area contributed by atoms with Gasteiger partial charge < -0.3 is 0 Å². The summed E-state index contributed by atoms with van der Waals surface area (Å²) in [4.78, 5) is 0.317. The summed E-state index contributed by atoms with van der Waals surface area (Å²) in [5.74, 6) is 0.0664. The van der Waals surface area contributed by atoms with Crippen LogP contribution in [0.3, 0.4) is 0 Å². The second-order valence-corrected chi connectivity index (χ2v) is 6.42. The third-order valence-electron chi connectivity index (χ3n) is 2.43. The summed E-state index contributed by atoms with van der Waals surface area (Å²) < 4.78 is 24.0. The molecule has 0 aliphatic rings. The van der Waals surface area contributed by atoms with E-state index in [1.54, 1.807) is 12.1 Å². The van der Waals surface area contributed by atoms with Crippen LogP contribution in [0.5, 0.6) is 0 Å². The molecule has 0 heterocycles. The summed E-state index contributed by atoms with van der Waals surface area (Å²) in [7, 11) is -3.24. The van der Waals surface area contributed by atoms with E-state index in [-0.39, 0.29) is 5.75 Å². The van der Waals surface area contributed by atoms with Gasteiger partial charge in [0.1, 0.15) is 0 Å². The van der Waals surface area contributed by atoms with Crippen LogP contribution in [0.15, 0.2) is 40.3 Å². The van der Waals surface area contributed by atoms with Crippen molar-refractivity contribution < 1.29 is 8.42 Å². The molecule has 0 N–H and O–H groups in total. The van der Waals surface area contributed by atoms with Crippen molar-refractivity contribution in [2.24, 2.45) is 0 Å². The van der Waals surface area contributed by atoms with Gasteiger partial charge in [-0.25, -0.2) is 8.42 Å². The lowest BCUT2D eigenvalue weighted by molar-refractivity contribution is 0.598. The second-order valence-electron chi connectivity index (χ2n) is 3.99. The molecule has 88 valence electrons. The van der Waals surface area contributed by atoms with Crippen molar-refractivity contribution in [1.29, 1.82) is 0 Å². The van der Waals surface area contributed by atoms with Crippen LogP contribution in [0.4, 0.5) is 0 Å². The Hall–Kier alpha value is -0.800. The molecule has 0 fully saturated rings. The highest BCUT2D eigenvalue weighted by Crippen LogP contribution is 2.18. The van der Waals surface area contributed by atoms with Gasteiger partial charge in [0.2, 0.25) is 0 Å². The highest BCUT2D eigenvalue weighted by molar-refractivity contribution is 7.91. The van der Waals surface area contributed by atoms with Crippen LogP contribution in [-0.4, -0.2) is 14.2 Å². The average Bonchev–Trinajstić information content (AvgIpc) is 2.17. The number of allylic oxidation sites excluding steroid dienone is 1. The first-order valence-electron chi connectivity index (χ1n) is 4.94. The molecule has 0 atom stereocenters. The van der Waals surface area contributed by atoms with Gasteiger partial charge in [0.15, 0.2) is 9.84 Å². The number of halogens is 1. The normalized spacial score (nSPS) is 11.2. The van der Waals surface area contributed by atoms with Gasteiger partial charge in [0.25, 0.3) is 0 Å². The summed E-state index contributed by atoms with van der Waals surface area (Å²) in [6.07, 6.45) is 0. The number of hydrogen-bond donors (Lipinski definition) is 0. The molecule has 1 aromatic rings. The van der Waals surface area contributed by atoms with Crippen LogP contribution in [-0.2, 0) is 9.84 Å². The molecule has 0 unspecified atom stereocenters. The maximum absolute atomic E-state index is 12.0. The van der Waals surface area contributed by atoms with Gasteiger partial charge >= 0.3 is 0 Å². The molecule has 0 amide bonds. The maximum Gasteiger partial charge on any atom is 0.182 e. The van der Waals surface area contributed by atoms with Crippen LogP contribution in [0.2, 0.25) is 5.02 Å². The van der Waals surface area contributed by atoms with E-state index in [2.05, 4.69) is 0 Å². The Bertz CT molecular complexity index is 494. The van der Waals surface area contributed by atoms with E-state index in [1.165, 1.54) is 12.1 Å². The highest BCUT2D eigenvalue weighted by Gasteiger charge is 2.15. The minimum atomic E-state index is -3.24. The molecule has 1 rings (SSSR count). The Morgan fingerprint density at radius 1 is 1.12 bits per heavy atom. The molecule has 0 aliphatic heterocycles. The van der Waals surface area contributed by atoms with Gasteiger partial charge in [-0.15, -0.1) is 0 Å². The van der Waals surface area contributed by atoms with E-state index in [9.17, 15) is 8.42 Å². The zero-order chi connectivity index (χ0) is 12.3. The predicted octanol–water partition coefficient (Wildman–Crippen LogP) is 3.47. The molecule has 0 radical (unpaired) electrons. The monoisotopic (exact) mass is 258 g/mol. The molecule has 0 spiro atoms. The maximum atomic E-state index is 12.0. The average molecular weight is 259 g/mol. The van der Waals surface area contributed by atoms with E-state index in [1.807, 2.05) is 20.8 Å². The molecule has 0 bridgehead atoms. The molecule has 16 heavy (non-hydrogen) atoms. The standard InChI is InChI=1S/C12H15ClO2S/c1-9(2)10(3)8-16(14,15)12-6-4-11(13)5-7-12/h4-7H,8H2,1-3H3. The van der Waals surface area contributed by atoms with Crippen molar-refractivity contribution in [2.45, 2.75) is 25.7 Å². The van der Waals surface area contributed by atoms with Crippen molar-refractivity contribution in [1.82, 2.24) is 0 Å². The lowest BCUT2D eigenvalue weighted by atomic mass is 10.2. The predicted molar refractivity (Wildman–Crippen MR) is 67.6 cm³/mol. The van der Waals surface area contributed by atoms with Gasteiger partial charge in [-0.1, -0.05) is 22.7 Å². The Morgan fingerprint density at radius 3 is 2.06 bits per heavy atom. The van der Waals surface area contributed by atoms with Crippen molar-refractivity contribution in [2.75, 3.05) is 5.75 Å². The summed E-state index contributed by atoms with van der Waals surface area (Å²) in [6, 6.07) is 6.25. The number of sulfone groups is 1. The van der Waals surface area contributed by atoms with Crippen LogP contribution in [0, 0.1) is 0 Å². The molecule has 0 saturated carbocycles. The third kappa shape index (κ3) is 3.35. The molecular formula is C12H15ClO2S. The van der Waals surface area contributed by atoms with Gasteiger partial charge in [-0.2, -0.15) is 0 Å².